The number of fused-ring (bicyclic) bond motifs is 2. The zero-order valence-corrected chi connectivity index (χ0v) is 32.6. The van der Waals surface area contributed by atoms with Crippen molar-refractivity contribution in [2.24, 2.45) is 35.5 Å². The Bertz CT molecular complexity index is 2060. The van der Waals surface area contributed by atoms with Crippen molar-refractivity contribution in [2.75, 3.05) is 13.7 Å². The van der Waals surface area contributed by atoms with E-state index in [4.69, 9.17) is 27.9 Å². The van der Waals surface area contributed by atoms with Crippen molar-refractivity contribution in [1.29, 1.82) is 0 Å². The van der Waals surface area contributed by atoms with Crippen LogP contribution in [0.5, 0.6) is 0 Å². The Balaban J connectivity index is 0.000000147. The highest BCUT2D eigenvalue weighted by atomic mass is 35.5. The van der Waals surface area contributed by atoms with Crippen molar-refractivity contribution in [3.05, 3.63) is 93.5 Å². The molecular formula is C41H46Cl2N8O5. The minimum atomic E-state index is -0.628. The maximum atomic E-state index is 12.6. The molecule has 0 spiro atoms. The summed E-state index contributed by atoms with van der Waals surface area (Å²) in [5.41, 5.74) is 3.28. The van der Waals surface area contributed by atoms with Crippen molar-refractivity contribution in [3.63, 3.8) is 0 Å². The summed E-state index contributed by atoms with van der Waals surface area (Å²) in [6.07, 6.45) is 13.1. The van der Waals surface area contributed by atoms with Crippen LogP contribution in [0, 0.1) is 35.5 Å². The van der Waals surface area contributed by atoms with Gasteiger partial charge in [-0.15, -0.1) is 10.2 Å². The Labute approximate surface area is 334 Å². The molecule has 10 rings (SSSR count). The second-order valence-corrected chi connectivity index (χ2v) is 17.5. The molecule has 0 saturated heterocycles. The topological polar surface area (TPSA) is 166 Å². The summed E-state index contributed by atoms with van der Waals surface area (Å²) in [5.74, 6) is 2.74. The van der Waals surface area contributed by atoms with Gasteiger partial charge in [-0.25, -0.2) is 14.2 Å². The number of carbonyl (C=O) groups excluding carboxylic acids is 3. The zero-order chi connectivity index (χ0) is 38.7. The highest BCUT2D eigenvalue weighted by Gasteiger charge is 2.62. The predicted octanol–water partition coefficient (Wildman–Crippen LogP) is 5.77. The van der Waals surface area contributed by atoms with Gasteiger partial charge in [0.15, 0.2) is 0 Å². The van der Waals surface area contributed by atoms with Crippen molar-refractivity contribution in [2.45, 2.75) is 87.4 Å². The maximum absolute atomic E-state index is 12.6. The number of hydrogen-bond donors (Lipinski definition) is 3. The number of carbonyl (C=O) groups is 3. The number of aliphatic hydroxyl groups is 1. The molecule has 2 aromatic carbocycles. The van der Waals surface area contributed by atoms with Gasteiger partial charge < -0.3 is 20.5 Å². The van der Waals surface area contributed by atoms with Gasteiger partial charge in [-0.3, -0.25) is 9.59 Å². The number of hydrogen-bond acceptors (Lipinski definition) is 9. The summed E-state index contributed by atoms with van der Waals surface area (Å²) in [4.78, 5) is 37.5. The first-order chi connectivity index (χ1) is 27.2. The number of nitrogens with zero attached hydrogens (tertiary/aromatic N) is 6. The van der Waals surface area contributed by atoms with E-state index >= 15 is 0 Å². The molecule has 2 amide bonds. The number of aliphatic hydroxyl groups excluding tert-OH is 1. The van der Waals surface area contributed by atoms with Gasteiger partial charge in [-0.05, 0) is 135 Å². The third-order valence-electron chi connectivity index (χ3n) is 13.1. The summed E-state index contributed by atoms with van der Waals surface area (Å²) in [7, 11) is 1.36. The van der Waals surface area contributed by atoms with Gasteiger partial charge in [0, 0.05) is 45.4 Å². The van der Waals surface area contributed by atoms with E-state index in [-0.39, 0.29) is 36.4 Å². The standard InChI is InChI=1S/C21H23ClN4O3.C20H23ClN4O2/c1-29-21(28)19(23-20(27)12-4-6-13(22)7-5-12)18-15-8-14(9-16(15)18)26-10-17(24-25-26)11-2-3-11;21-13-5-3-12(4-6-13)20(27)22-18(10-26)19-15-7-14(8-16(15)19)25-9-17(23-24-25)11-1-2-11/h4-7,10-11,14-16,18-19H,2-3,8-9H2,1H3,(H,23,27);3-6,9,11,14-16,18-19,26H,1-2,7-8,10H2,(H,22,27)/t2*14?,15-,16+,18?,19?. The molecule has 6 aliphatic carbocycles. The highest BCUT2D eigenvalue weighted by Crippen LogP contribution is 2.63. The van der Waals surface area contributed by atoms with Gasteiger partial charge in [0.05, 0.1) is 43.2 Å². The normalized spacial score (nSPS) is 29.2. The van der Waals surface area contributed by atoms with Crippen LogP contribution in [0.4, 0.5) is 0 Å². The Morgan fingerprint density at radius 2 is 1.14 bits per heavy atom. The molecule has 15 heteroatoms. The van der Waals surface area contributed by atoms with E-state index < -0.39 is 6.04 Å². The molecule has 3 N–H and O–H groups in total. The smallest absolute Gasteiger partial charge is 0.328 e. The minimum Gasteiger partial charge on any atom is -0.467 e. The first kappa shape index (κ1) is 37.3. The van der Waals surface area contributed by atoms with Gasteiger partial charge in [0.25, 0.3) is 11.8 Å². The largest absolute Gasteiger partial charge is 0.467 e. The average molecular weight is 802 g/mol. The summed E-state index contributed by atoms with van der Waals surface area (Å²) in [6, 6.07) is 13.4. The lowest BCUT2D eigenvalue weighted by atomic mass is 10.0. The second kappa shape index (κ2) is 15.2. The number of rotatable bonds is 12. The molecule has 6 unspecified atom stereocenters. The zero-order valence-electron chi connectivity index (χ0n) is 31.1. The summed E-state index contributed by atoms with van der Waals surface area (Å²) < 4.78 is 9.02. The van der Waals surface area contributed by atoms with Crippen molar-refractivity contribution >= 4 is 41.0 Å². The van der Waals surface area contributed by atoms with Gasteiger partial charge in [-0.2, -0.15) is 0 Å². The molecule has 6 aliphatic rings. The number of halogens is 2. The van der Waals surface area contributed by atoms with E-state index in [9.17, 15) is 19.5 Å². The maximum Gasteiger partial charge on any atom is 0.328 e. The number of methoxy groups -OCH3 is 1. The van der Waals surface area contributed by atoms with E-state index in [1.807, 2.05) is 9.36 Å². The quantitative estimate of drug-likeness (QED) is 0.151. The summed E-state index contributed by atoms with van der Waals surface area (Å²) >= 11 is 11.8. The lowest BCUT2D eigenvalue weighted by molar-refractivity contribution is -0.143. The van der Waals surface area contributed by atoms with Gasteiger partial charge in [-0.1, -0.05) is 33.6 Å². The third kappa shape index (κ3) is 7.69. The monoisotopic (exact) mass is 800 g/mol. The molecule has 6 saturated carbocycles. The molecule has 2 aromatic heterocycles. The van der Waals surface area contributed by atoms with Crippen LogP contribution in [-0.2, 0) is 9.53 Å². The predicted molar refractivity (Wildman–Crippen MR) is 206 cm³/mol. The number of esters is 1. The first-order valence-electron chi connectivity index (χ1n) is 19.8. The van der Waals surface area contributed by atoms with Crippen LogP contribution in [0.1, 0.15) is 107 Å². The number of ether oxygens (including phenoxy) is 1. The minimum absolute atomic E-state index is 0.0309. The fourth-order valence-electron chi connectivity index (χ4n) is 9.70. The average Bonchev–Trinajstić information content (AvgIpc) is 4.21. The van der Waals surface area contributed by atoms with Gasteiger partial charge >= 0.3 is 5.97 Å². The molecule has 56 heavy (non-hydrogen) atoms. The summed E-state index contributed by atoms with van der Waals surface area (Å²) in [6.45, 7) is -0.0309. The third-order valence-corrected chi connectivity index (χ3v) is 13.6. The van der Waals surface area contributed by atoms with Crippen LogP contribution >= 0.6 is 23.2 Å². The summed E-state index contributed by atoms with van der Waals surface area (Å²) in [5, 5.41) is 34.2. The molecule has 294 valence electrons. The highest BCUT2D eigenvalue weighted by molar-refractivity contribution is 6.31. The van der Waals surface area contributed by atoms with E-state index in [2.05, 4.69) is 43.7 Å². The molecular weight excluding hydrogens is 755 g/mol. The fourth-order valence-corrected chi connectivity index (χ4v) is 9.95. The fraction of sp³-hybridized carbons (Fsp3) is 0.537. The Morgan fingerprint density at radius 1 is 0.714 bits per heavy atom. The van der Waals surface area contributed by atoms with Crippen molar-refractivity contribution in [1.82, 2.24) is 40.6 Å². The van der Waals surface area contributed by atoms with E-state index in [0.29, 0.717) is 74.7 Å². The molecule has 4 aromatic rings. The molecule has 13 nitrogen and oxygen atoms in total. The lowest BCUT2D eigenvalue weighted by Crippen LogP contribution is -2.44. The van der Waals surface area contributed by atoms with Crippen LogP contribution in [0.2, 0.25) is 10.0 Å². The van der Waals surface area contributed by atoms with Crippen LogP contribution in [0.3, 0.4) is 0 Å². The molecule has 10 atom stereocenters. The van der Waals surface area contributed by atoms with Gasteiger partial charge in [0.2, 0.25) is 0 Å². The molecule has 2 heterocycles. The van der Waals surface area contributed by atoms with Crippen LogP contribution in [-0.4, -0.2) is 78.7 Å². The lowest BCUT2D eigenvalue weighted by Gasteiger charge is -2.21. The van der Waals surface area contributed by atoms with Gasteiger partial charge in [0.1, 0.15) is 6.04 Å². The Morgan fingerprint density at radius 3 is 1.55 bits per heavy atom. The van der Waals surface area contributed by atoms with E-state index in [0.717, 1.165) is 37.1 Å². The Kier molecular flexibility index (Phi) is 10.1. The number of nitrogens with one attached hydrogen (secondary N) is 2. The molecule has 0 bridgehead atoms. The van der Waals surface area contributed by atoms with E-state index in [1.54, 1.807) is 48.5 Å². The van der Waals surface area contributed by atoms with Crippen LogP contribution in [0.15, 0.2) is 60.9 Å². The number of benzene rings is 2. The first-order valence-corrected chi connectivity index (χ1v) is 20.6. The van der Waals surface area contributed by atoms with Crippen LogP contribution < -0.4 is 10.6 Å². The van der Waals surface area contributed by atoms with E-state index in [1.165, 1.54) is 32.8 Å². The second-order valence-electron chi connectivity index (χ2n) is 16.6. The Hall–Kier alpha value is -4.33. The van der Waals surface area contributed by atoms with Crippen molar-refractivity contribution < 1.29 is 24.2 Å². The molecule has 0 aliphatic heterocycles. The van der Waals surface area contributed by atoms with Crippen molar-refractivity contribution in [3.8, 4) is 0 Å². The van der Waals surface area contributed by atoms with Crippen LogP contribution in [0.25, 0.3) is 0 Å². The molecule has 0 radical (unpaired) electrons. The number of amides is 2. The SMILES string of the molecule is COC(=O)C(NC(=O)c1ccc(Cl)cc1)C1[C@H]2CC(n3cc(C4CC4)nn3)C[C@@H]12.O=C(NC(CO)C1[C@H]2CC(n3cc(C4CC4)nn3)C[C@@H]12)c1ccc(Cl)cc1. The number of aromatic nitrogens is 6. The molecule has 6 fully saturated rings.